The van der Waals surface area contributed by atoms with Crippen LogP contribution in [0.1, 0.15) is 38.3 Å². The van der Waals surface area contributed by atoms with Crippen LogP contribution >= 0.6 is 0 Å². The van der Waals surface area contributed by atoms with Crippen LogP contribution in [0.25, 0.3) is 10.8 Å². The average molecular weight is 398 g/mol. The number of rotatable bonds is 5. The van der Waals surface area contributed by atoms with Gasteiger partial charge in [-0.2, -0.15) is 0 Å². The van der Waals surface area contributed by atoms with Crippen LogP contribution in [0, 0.1) is 5.82 Å². The van der Waals surface area contributed by atoms with Crippen molar-refractivity contribution >= 4 is 10.8 Å². The maximum atomic E-state index is 14.8. The lowest BCUT2D eigenvalue weighted by Crippen LogP contribution is -2.34. The van der Waals surface area contributed by atoms with Crippen LogP contribution in [-0.4, -0.2) is 12.1 Å². The van der Waals surface area contributed by atoms with E-state index in [1.54, 1.807) is 26.0 Å². The molecular weight excluding hydrogens is 374 g/mol. The van der Waals surface area contributed by atoms with Crippen molar-refractivity contribution in [2.45, 2.75) is 51.5 Å². The topological polar surface area (TPSA) is 27.7 Å². The Kier molecular flexibility index (Phi) is 5.05. The molecule has 5 heteroatoms. The average Bonchev–Trinajstić information content (AvgIpc) is 2.95. The lowest BCUT2D eigenvalue weighted by atomic mass is 9.91. The van der Waals surface area contributed by atoms with Crippen LogP contribution in [0.3, 0.4) is 0 Å². The highest BCUT2D eigenvalue weighted by molar-refractivity contribution is 5.83. The number of alkyl halides is 1. The summed E-state index contributed by atoms with van der Waals surface area (Å²) in [5.74, 6) is -0.655. The molecule has 2 unspecified atom stereocenters. The van der Waals surface area contributed by atoms with Crippen molar-refractivity contribution in [3.05, 3.63) is 77.6 Å². The smallest absolute Gasteiger partial charge is 0.234 e. The van der Waals surface area contributed by atoms with Crippen LogP contribution in [0.5, 0.6) is 5.75 Å². The molecular formula is C24H24F2O3. The van der Waals surface area contributed by atoms with Crippen molar-refractivity contribution in [2.24, 2.45) is 0 Å². The molecule has 0 aliphatic carbocycles. The van der Waals surface area contributed by atoms with E-state index in [2.05, 4.69) is 0 Å². The number of fused-ring (bicyclic) bond motifs is 1. The largest absolute Gasteiger partial charge is 0.489 e. The maximum Gasteiger partial charge on any atom is 0.234 e. The second kappa shape index (κ2) is 7.39. The molecule has 0 aromatic heterocycles. The van der Waals surface area contributed by atoms with Gasteiger partial charge in [-0.25, -0.2) is 8.78 Å². The predicted molar refractivity (Wildman–Crippen MR) is 108 cm³/mol. The van der Waals surface area contributed by atoms with Gasteiger partial charge in [0.05, 0.1) is 0 Å². The summed E-state index contributed by atoms with van der Waals surface area (Å²) in [4.78, 5) is 0. The van der Waals surface area contributed by atoms with Gasteiger partial charge < -0.3 is 14.2 Å². The van der Waals surface area contributed by atoms with Crippen molar-refractivity contribution in [3.8, 4) is 5.75 Å². The number of hydrogen-bond donors (Lipinski definition) is 0. The van der Waals surface area contributed by atoms with Gasteiger partial charge in [0, 0.05) is 0 Å². The normalized spacial score (nSPS) is 23.4. The quantitative estimate of drug-likeness (QED) is 0.509. The molecule has 1 saturated heterocycles. The third kappa shape index (κ3) is 3.85. The molecule has 0 saturated carbocycles. The van der Waals surface area contributed by atoms with Gasteiger partial charge in [0.2, 0.25) is 6.36 Å². The van der Waals surface area contributed by atoms with E-state index in [0.29, 0.717) is 24.3 Å². The van der Waals surface area contributed by atoms with Crippen LogP contribution in [-0.2, 0) is 21.7 Å². The van der Waals surface area contributed by atoms with Crippen molar-refractivity contribution in [1.82, 2.24) is 0 Å². The monoisotopic (exact) mass is 398 g/mol. The fourth-order valence-corrected chi connectivity index (χ4v) is 3.85. The molecule has 0 bridgehead atoms. The number of ether oxygens (including phenoxy) is 3. The fraction of sp³-hybridized carbons (Fsp3) is 0.333. The summed E-state index contributed by atoms with van der Waals surface area (Å²) >= 11 is 0. The summed E-state index contributed by atoms with van der Waals surface area (Å²) in [7, 11) is 0. The van der Waals surface area contributed by atoms with Crippen molar-refractivity contribution in [3.63, 3.8) is 0 Å². The van der Waals surface area contributed by atoms with E-state index in [4.69, 9.17) is 14.2 Å². The zero-order valence-corrected chi connectivity index (χ0v) is 16.7. The molecule has 1 heterocycles. The third-order valence-corrected chi connectivity index (χ3v) is 5.30. The van der Waals surface area contributed by atoms with Gasteiger partial charge >= 0.3 is 0 Å². The standard InChI is InChI=1S/C24H24F2O3/c1-4-24(22(26)28-23(2,3)29-24)19-6-5-7-21(14-19)27-15-16-8-9-17-10-11-20(25)13-18(17)12-16/h5-14,22H,4,15H2,1-3H3. The summed E-state index contributed by atoms with van der Waals surface area (Å²) in [6.07, 6.45) is -1.13. The Morgan fingerprint density at radius 1 is 1.00 bits per heavy atom. The summed E-state index contributed by atoms with van der Waals surface area (Å²) in [5.41, 5.74) is 0.434. The Morgan fingerprint density at radius 2 is 1.79 bits per heavy atom. The zero-order valence-electron chi connectivity index (χ0n) is 16.7. The van der Waals surface area contributed by atoms with Crippen LogP contribution in [0.15, 0.2) is 60.7 Å². The molecule has 3 aromatic carbocycles. The van der Waals surface area contributed by atoms with Crippen molar-refractivity contribution in [2.75, 3.05) is 0 Å². The summed E-state index contributed by atoms with van der Waals surface area (Å²) in [5, 5.41) is 1.79. The molecule has 1 aliphatic heterocycles. The minimum absolute atomic E-state index is 0.268. The van der Waals surface area contributed by atoms with Gasteiger partial charge in [-0.1, -0.05) is 37.3 Å². The molecule has 0 amide bonds. The minimum atomic E-state index is -1.56. The Bertz CT molecular complexity index is 1030. The fourth-order valence-electron chi connectivity index (χ4n) is 3.85. The minimum Gasteiger partial charge on any atom is -0.489 e. The maximum absolute atomic E-state index is 14.8. The highest BCUT2D eigenvalue weighted by Gasteiger charge is 2.54. The molecule has 0 radical (unpaired) electrons. The van der Waals surface area contributed by atoms with Crippen molar-refractivity contribution in [1.29, 1.82) is 0 Å². The lowest BCUT2D eigenvalue weighted by Gasteiger charge is -2.29. The molecule has 2 atom stereocenters. The van der Waals surface area contributed by atoms with Gasteiger partial charge in [0.25, 0.3) is 0 Å². The first-order valence-electron chi connectivity index (χ1n) is 9.75. The van der Waals surface area contributed by atoms with Gasteiger partial charge in [-0.3, -0.25) is 0 Å². The molecule has 3 nitrogen and oxygen atoms in total. The van der Waals surface area contributed by atoms with E-state index in [0.717, 1.165) is 16.3 Å². The first-order chi connectivity index (χ1) is 13.8. The second-order valence-electron chi connectivity index (χ2n) is 7.82. The van der Waals surface area contributed by atoms with E-state index in [-0.39, 0.29) is 5.82 Å². The summed E-state index contributed by atoms with van der Waals surface area (Å²) < 4.78 is 45.5. The van der Waals surface area contributed by atoms with E-state index in [1.165, 1.54) is 12.1 Å². The Labute approximate surface area is 169 Å². The predicted octanol–water partition coefficient (Wildman–Crippen LogP) is 6.24. The first kappa shape index (κ1) is 19.8. The van der Waals surface area contributed by atoms with Gasteiger partial charge in [0.15, 0.2) is 11.4 Å². The molecule has 0 N–H and O–H groups in total. The first-order valence-corrected chi connectivity index (χ1v) is 9.75. The van der Waals surface area contributed by atoms with E-state index in [9.17, 15) is 8.78 Å². The number of halogens is 2. The van der Waals surface area contributed by atoms with Crippen molar-refractivity contribution < 1.29 is 23.0 Å². The highest BCUT2D eigenvalue weighted by Crippen LogP contribution is 2.47. The molecule has 3 aromatic rings. The number of benzene rings is 3. The molecule has 1 aliphatic rings. The molecule has 1 fully saturated rings. The van der Waals surface area contributed by atoms with Gasteiger partial charge in [-0.05, 0) is 72.5 Å². The SMILES string of the molecule is CCC1(c2cccc(OCc3ccc4ccc(F)cc4c3)c2)OC(C)(C)OC1F. The zero-order chi connectivity index (χ0) is 20.6. The molecule has 0 spiro atoms. The Balaban J connectivity index is 1.55. The van der Waals surface area contributed by atoms with Gasteiger partial charge in [0.1, 0.15) is 18.2 Å². The molecule has 29 heavy (non-hydrogen) atoms. The Morgan fingerprint density at radius 3 is 2.52 bits per heavy atom. The number of hydrogen-bond acceptors (Lipinski definition) is 3. The summed E-state index contributed by atoms with van der Waals surface area (Å²) in [6.45, 7) is 5.61. The Hall–Kier alpha value is -2.50. The van der Waals surface area contributed by atoms with E-state index >= 15 is 0 Å². The second-order valence-corrected chi connectivity index (χ2v) is 7.82. The lowest BCUT2D eigenvalue weighted by molar-refractivity contribution is -0.170. The summed E-state index contributed by atoms with van der Waals surface area (Å²) in [6, 6.07) is 17.8. The van der Waals surface area contributed by atoms with Crippen LogP contribution in [0.4, 0.5) is 8.78 Å². The van der Waals surface area contributed by atoms with Gasteiger partial charge in [-0.15, -0.1) is 0 Å². The molecule has 4 rings (SSSR count). The van der Waals surface area contributed by atoms with E-state index < -0.39 is 17.7 Å². The van der Waals surface area contributed by atoms with Crippen LogP contribution < -0.4 is 4.74 Å². The van der Waals surface area contributed by atoms with E-state index in [1.807, 2.05) is 43.3 Å². The van der Waals surface area contributed by atoms with Crippen LogP contribution in [0.2, 0.25) is 0 Å². The third-order valence-electron chi connectivity index (χ3n) is 5.30. The molecule has 152 valence electrons. The highest BCUT2D eigenvalue weighted by atomic mass is 19.1.